The molecule has 0 unspecified atom stereocenters. The fourth-order valence-corrected chi connectivity index (χ4v) is 1.05. The minimum absolute atomic E-state index is 0.0156. The molecule has 0 aromatic carbocycles. The summed E-state index contributed by atoms with van der Waals surface area (Å²) in [5.41, 5.74) is 10.8. The van der Waals surface area contributed by atoms with Gasteiger partial charge >= 0.3 is 6.36 Å². The highest BCUT2D eigenvalue weighted by atomic mass is 19.4. The lowest BCUT2D eigenvalue weighted by Crippen LogP contribution is -2.20. The average Bonchev–Trinajstić information content (AvgIpc) is 2.14. The molecular weight excluding hydrogens is 227 g/mol. The van der Waals surface area contributed by atoms with Gasteiger partial charge in [0.25, 0.3) is 0 Å². The van der Waals surface area contributed by atoms with Crippen molar-refractivity contribution in [3.8, 4) is 11.8 Å². The molecule has 4 N–H and O–H groups in total. The molecule has 1 aromatic heterocycles. The molecule has 1 aromatic rings. The molecule has 0 aliphatic heterocycles. The summed E-state index contributed by atoms with van der Waals surface area (Å²) in [5.74, 6) is -0.763. The number of hydrogen-bond acceptors (Lipinski definition) is 5. The van der Waals surface area contributed by atoms with Crippen LogP contribution in [0.15, 0.2) is 6.07 Å². The Morgan fingerprint density at radius 1 is 1.44 bits per heavy atom. The first-order valence-electron chi connectivity index (χ1n) is 4.16. The number of alkyl halides is 3. The molecule has 0 aliphatic carbocycles. The van der Waals surface area contributed by atoms with E-state index in [2.05, 4.69) is 14.5 Å². The summed E-state index contributed by atoms with van der Waals surface area (Å²) in [6.45, 7) is -0.214. The van der Waals surface area contributed by atoms with Crippen molar-refractivity contribution in [2.24, 2.45) is 5.73 Å². The maximum Gasteiger partial charge on any atom is 0.574 e. The van der Waals surface area contributed by atoms with Gasteiger partial charge in [-0.1, -0.05) is 0 Å². The van der Waals surface area contributed by atoms with Crippen LogP contribution >= 0.6 is 0 Å². The normalized spacial score (nSPS) is 11.3. The lowest BCUT2D eigenvalue weighted by Gasteiger charge is -2.13. The van der Waals surface area contributed by atoms with Gasteiger partial charge in [-0.05, 0) is 0 Å². The number of rotatable bonds is 3. The van der Waals surface area contributed by atoms with Crippen LogP contribution in [0.25, 0.3) is 0 Å². The molecule has 5 nitrogen and oxygen atoms in total. The number of nitrogen functional groups attached to an aromatic ring is 1. The van der Waals surface area contributed by atoms with E-state index >= 15 is 0 Å². The fraction of sp³-hybridized carbons (Fsp3) is 0.375. The Labute approximate surface area is 89.1 Å². The van der Waals surface area contributed by atoms with E-state index in [1.54, 1.807) is 0 Å². The van der Waals surface area contributed by atoms with Gasteiger partial charge in [-0.25, -0.2) is 0 Å². The van der Waals surface area contributed by atoms with Crippen molar-refractivity contribution in [3.63, 3.8) is 0 Å². The molecule has 0 atom stereocenters. The molecule has 1 heterocycles. The van der Waals surface area contributed by atoms with Crippen LogP contribution in [0.4, 0.5) is 18.9 Å². The van der Waals surface area contributed by atoms with E-state index in [0.717, 1.165) is 0 Å². The van der Waals surface area contributed by atoms with Crippen LogP contribution in [0.5, 0.6) is 11.8 Å². The van der Waals surface area contributed by atoms with Crippen LogP contribution < -0.4 is 20.9 Å². The van der Waals surface area contributed by atoms with Crippen LogP contribution in [0.3, 0.4) is 0 Å². The Kier molecular flexibility index (Phi) is 3.43. The highest BCUT2D eigenvalue weighted by Gasteiger charge is 2.33. The number of hydrogen-bond donors (Lipinski definition) is 2. The van der Waals surface area contributed by atoms with Crippen molar-refractivity contribution in [3.05, 3.63) is 11.6 Å². The molecule has 0 amide bonds. The first-order chi connectivity index (χ1) is 7.37. The van der Waals surface area contributed by atoms with Crippen molar-refractivity contribution in [2.75, 3.05) is 12.8 Å². The zero-order chi connectivity index (χ0) is 12.3. The third-order valence-corrected chi connectivity index (χ3v) is 1.72. The van der Waals surface area contributed by atoms with Gasteiger partial charge in [-0.15, -0.1) is 13.2 Å². The van der Waals surface area contributed by atoms with Crippen LogP contribution in [-0.2, 0) is 6.54 Å². The first kappa shape index (κ1) is 12.4. The maximum atomic E-state index is 12.0. The van der Waals surface area contributed by atoms with E-state index in [-0.39, 0.29) is 23.7 Å². The number of anilines is 1. The van der Waals surface area contributed by atoms with Crippen molar-refractivity contribution in [2.45, 2.75) is 12.9 Å². The van der Waals surface area contributed by atoms with E-state index in [0.29, 0.717) is 0 Å². The van der Waals surface area contributed by atoms with Gasteiger partial charge in [0.15, 0.2) is 0 Å². The van der Waals surface area contributed by atoms with Crippen molar-refractivity contribution in [1.29, 1.82) is 0 Å². The molecule has 0 bridgehead atoms. The Bertz CT molecular complexity index is 382. The van der Waals surface area contributed by atoms with Crippen molar-refractivity contribution < 1.29 is 22.6 Å². The average molecular weight is 237 g/mol. The molecule has 1 rings (SSSR count). The second-order valence-electron chi connectivity index (χ2n) is 2.79. The van der Waals surface area contributed by atoms with Gasteiger partial charge in [-0.3, -0.25) is 0 Å². The van der Waals surface area contributed by atoms with Gasteiger partial charge in [0.1, 0.15) is 0 Å². The van der Waals surface area contributed by atoms with Crippen LogP contribution in [0.1, 0.15) is 5.56 Å². The molecule has 8 heteroatoms. The Balaban J connectivity index is 3.18. The second-order valence-corrected chi connectivity index (χ2v) is 2.79. The topological polar surface area (TPSA) is 83.4 Å². The zero-order valence-electron chi connectivity index (χ0n) is 8.34. The van der Waals surface area contributed by atoms with Crippen molar-refractivity contribution in [1.82, 2.24) is 4.98 Å². The largest absolute Gasteiger partial charge is 0.574 e. The van der Waals surface area contributed by atoms with Gasteiger partial charge in [0.05, 0.1) is 12.7 Å². The number of methoxy groups -OCH3 is 1. The molecule has 0 fully saturated rings. The number of nitrogens with two attached hydrogens (primary N) is 2. The lowest BCUT2D eigenvalue weighted by molar-refractivity contribution is -0.276. The standard InChI is InChI=1S/C8H10F3N3O2/c1-15-6-2-5(13)4(3-12)7(14-6)16-8(9,10)11/h2H,3,12H2,1H3,(H2,13,14). The quantitative estimate of drug-likeness (QED) is 0.820. The van der Waals surface area contributed by atoms with Crippen molar-refractivity contribution >= 4 is 5.69 Å². The number of ether oxygens (including phenoxy) is 2. The minimum Gasteiger partial charge on any atom is -0.481 e. The van der Waals surface area contributed by atoms with Gasteiger partial charge in [0.2, 0.25) is 11.8 Å². The molecule has 0 saturated carbocycles. The third kappa shape index (κ3) is 2.89. The van der Waals surface area contributed by atoms with E-state index in [4.69, 9.17) is 11.5 Å². The van der Waals surface area contributed by atoms with E-state index in [1.807, 2.05) is 0 Å². The Hall–Kier alpha value is -1.70. The summed E-state index contributed by atoms with van der Waals surface area (Å²) in [7, 11) is 1.25. The van der Waals surface area contributed by atoms with Gasteiger partial charge in [0, 0.05) is 18.3 Å². The summed E-state index contributed by atoms with van der Waals surface area (Å²) in [6.07, 6.45) is -4.85. The Morgan fingerprint density at radius 2 is 2.06 bits per heavy atom. The highest BCUT2D eigenvalue weighted by Crippen LogP contribution is 2.30. The monoisotopic (exact) mass is 237 g/mol. The van der Waals surface area contributed by atoms with Gasteiger partial charge in [-0.2, -0.15) is 4.98 Å². The first-order valence-corrected chi connectivity index (χ1v) is 4.16. The second kappa shape index (κ2) is 4.44. The smallest absolute Gasteiger partial charge is 0.481 e. The van der Waals surface area contributed by atoms with Crippen LogP contribution in [0, 0.1) is 0 Å². The molecule has 90 valence electrons. The van der Waals surface area contributed by atoms with Crippen LogP contribution in [0.2, 0.25) is 0 Å². The predicted molar refractivity (Wildman–Crippen MR) is 49.8 cm³/mol. The summed E-state index contributed by atoms with van der Waals surface area (Å²) < 4.78 is 44.5. The molecule has 0 saturated heterocycles. The third-order valence-electron chi connectivity index (χ3n) is 1.72. The molecule has 0 aliphatic rings. The SMILES string of the molecule is COc1cc(N)c(CN)c(OC(F)(F)F)n1. The summed E-state index contributed by atoms with van der Waals surface area (Å²) in [5, 5.41) is 0. The maximum absolute atomic E-state index is 12.0. The number of nitrogens with zero attached hydrogens (tertiary/aromatic N) is 1. The molecule has 0 radical (unpaired) electrons. The minimum atomic E-state index is -4.85. The number of pyridine rings is 1. The number of aromatic nitrogens is 1. The van der Waals surface area contributed by atoms with Crippen LogP contribution in [-0.4, -0.2) is 18.5 Å². The summed E-state index contributed by atoms with van der Waals surface area (Å²) >= 11 is 0. The predicted octanol–water partition coefficient (Wildman–Crippen LogP) is 1.03. The highest BCUT2D eigenvalue weighted by molar-refractivity contribution is 5.54. The number of halogens is 3. The Morgan fingerprint density at radius 3 is 2.50 bits per heavy atom. The summed E-state index contributed by atoms with van der Waals surface area (Å²) in [4.78, 5) is 3.48. The molecular formula is C8H10F3N3O2. The summed E-state index contributed by atoms with van der Waals surface area (Å²) in [6, 6.07) is 1.27. The van der Waals surface area contributed by atoms with E-state index in [9.17, 15) is 13.2 Å². The van der Waals surface area contributed by atoms with E-state index in [1.165, 1.54) is 13.2 Å². The molecule has 16 heavy (non-hydrogen) atoms. The molecule has 0 spiro atoms. The van der Waals surface area contributed by atoms with E-state index < -0.39 is 12.2 Å². The lowest BCUT2D eigenvalue weighted by atomic mass is 10.2. The fourth-order valence-electron chi connectivity index (χ4n) is 1.05. The zero-order valence-corrected chi connectivity index (χ0v) is 8.34. The van der Waals surface area contributed by atoms with Gasteiger partial charge < -0.3 is 20.9 Å².